The van der Waals surface area contributed by atoms with Crippen molar-refractivity contribution < 1.29 is 47.5 Å². The first kappa shape index (κ1) is 40.0. The van der Waals surface area contributed by atoms with Gasteiger partial charge in [0.25, 0.3) is 0 Å². The summed E-state index contributed by atoms with van der Waals surface area (Å²) in [7, 11) is -4.77. The Morgan fingerprint density at radius 2 is 1.37 bits per heavy atom. The number of unbranched alkanes of at least 4 members (excludes halogenated alkanes) is 1. The van der Waals surface area contributed by atoms with Crippen molar-refractivity contribution >= 4 is 25.2 Å². The van der Waals surface area contributed by atoms with Crippen LogP contribution in [0.4, 0.5) is 0 Å². The molecule has 0 spiro atoms. The van der Waals surface area contributed by atoms with Crippen molar-refractivity contribution in [1.82, 2.24) is 0 Å². The fraction of sp³-hybridized carbons (Fsp3) is 0.900. The van der Waals surface area contributed by atoms with E-state index in [0.29, 0.717) is 38.7 Å². The summed E-state index contributed by atoms with van der Waals surface area (Å²) in [6, 6.07) is 0. The molecule has 0 bridgehead atoms. The molecule has 242 valence electrons. The van der Waals surface area contributed by atoms with E-state index in [-0.39, 0.29) is 25.0 Å². The van der Waals surface area contributed by atoms with Crippen molar-refractivity contribution in [3.05, 3.63) is 0 Å². The molecule has 6 atom stereocenters. The van der Waals surface area contributed by atoms with Gasteiger partial charge in [-0.2, -0.15) is 0 Å². The lowest BCUT2D eigenvalue weighted by molar-refractivity contribution is -0.162. The van der Waals surface area contributed by atoms with Gasteiger partial charge >= 0.3 is 7.82 Å². The molecule has 0 rings (SSSR count). The van der Waals surface area contributed by atoms with Crippen LogP contribution in [0.25, 0.3) is 0 Å². The van der Waals surface area contributed by atoms with Crippen LogP contribution in [0.15, 0.2) is 0 Å². The lowest BCUT2D eigenvalue weighted by Gasteiger charge is -2.31. The molecule has 0 aromatic carbocycles. The number of carbonyl (C=O) groups is 3. The minimum Gasteiger partial charge on any atom is -0.382 e. The highest BCUT2D eigenvalue weighted by Crippen LogP contribution is 2.46. The number of aliphatic hydroxyl groups is 1. The van der Waals surface area contributed by atoms with E-state index >= 15 is 0 Å². The van der Waals surface area contributed by atoms with Gasteiger partial charge in [-0.15, -0.1) is 0 Å². The van der Waals surface area contributed by atoms with Gasteiger partial charge in [0.15, 0.2) is 17.3 Å². The Hall–Kier alpha value is -1.00. The molecule has 0 aliphatic rings. The summed E-state index contributed by atoms with van der Waals surface area (Å²) in [6.07, 6.45) is 1.49. The van der Waals surface area contributed by atoms with Gasteiger partial charge < -0.3 is 19.5 Å². The van der Waals surface area contributed by atoms with Gasteiger partial charge in [-0.05, 0) is 59.3 Å². The van der Waals surface area contributed by atoms with E-state index in [1.54, 1.807) is 34.6 Å². The maximum Gasteiger partial charge on any atom is 0.472 e. The molecule has 0 aromatic heterocycles. The number of phosphoric acid groups is 1. The van der Waals surface area contributed by atoms with E-state index in [1.165, 1.54) is 6.92 Å². The molecule has 0 saturated heterocycles. The fourth-order valence-corrected chi connectivity index (χ4v) is 5.32. The van der Waals surface area contributed by atoms with Crippen LogP contribution in [0.5, 0.6) is 0 Å². The number of hydrogen-bond acceptors (Lipinski definition) is 9. The molecule has 0 heterocycles. The molecule has 41 heavy (non-hydrogen) atoms. The predicted octanol–water partition coefficient (Wildman–Crippen LogP) is 6.13. The molecule has 0 aromatic rings. The molecule has 2 N–H and O–H groups in total. The Kier molecular flexibility index (Phi) is 18.8. The second-order valence-electron chi connectivity index (χ2n) is 11.4. The van der Waals surface area contributed by atoms with Crippen LogP contribution in [0.3, 0.4) is 0 Å². The van der Waals surface area contributed by atoms with Crippen molar-refractivity contribution in [1.29, 1.82) is 0 Å². The third-order valence-corrected chi connectivity index (χ3v) is 8.21. The van der Waals surface area contributed by atoms with E-state index in [2.05, 4.69) is 0 Å². The standard InChI is InChI=1S/C30H57O10P/c1-10-16-20-37-29(7,8)28(33)25(19-13-4)39-23(14-5)26(31)24(18-12-3)40-41(35,36)38-21-22(17-11-2)27(32)30(9,34)15-6/h22-25,34H,10-21H2,1-9H3,(H,35,36). The van der Waals surface area contributed by atoms with Crippen molar-refractivity contribution in [2.45, 2.75) is 156 Å². The average Bonchev–Trinajstić information content (AvgIpc) is 2.91. The van der Waals surface area contributed by atoms with Crippen LogP contribution in [0.2, 0.25) is 0 Å². The normalized spacial score (nSPS) is 18.1. The maximum atomic E-state index is 13.5. The van der Waals surface area contributed by atoms with Gasteiger partial charge in [0.05, 0.1) is 6.61 Å². The summed E-state index contributed by atoms with van der Waals surface area (Å²) in [6.45, 7) is 15.8. The molecule has 11 heteroatoms. The van der Waals surface area contributed by atoms with E-state index < -0.39 is 61.4 Å². The highest BCUT2D eigenvalue weighted by molar-refractivity contribution is 7.47. The molecule has 0 fully saturated rings. The highest BCUT2D eigenvalue weighted by Gasteiger charge is 2.41. The van der Waals surface area contributed by atoms with Crippen molar-refractivity contribution in [3.8, 4) is 0 Å². The van der Waals surface area contributed by atoms with Crippen molar-refractivity contribution in [2.24, 2.45) is 5.92 Å². The summed E-state index contributed by atoms with van der Waals surface area (Å²) in [5.41, 5.74) is -2.68. The molecule has 6 unspecified atom stereocenters. The molecule has 0 amide bonds. The Labute approximate surface area is 247 Å². The van der Waals surface area contributed by atoms with E-state index in [0.717, 1.165) is 12.8 Å². The summed E-state index contributed by atoms with van der Waals surface area (Å²) in [5, 5.41) is 10.4. The van der Waals surface area contributed by atoms with Gasteiger partial charge in [0, 0.05) is 12.5 Å². The summed E-state index contributed by atoms with van der Waals surface area (Å²) >= 11 is 0. The zero-order valence-corrected chi connectivity index (χ0v) is 27.8. The second-order valence-corrected chi connectivity index (χ2v) is 12.8. The molecule has 0 radical (unpaired) electrons. The van der Waals surface area contributed by atoms with Gasteiger partial charge in [0.1, 0.15) is 29.5 Å². The van der Waals surface area contributed by atoms with Crippen LogP contribution in [-0.4, -0.2) is 70.1 Å². The number of hydrogen-bond donors (Lipinski definition) is 2. The highest BCUT2D eigenvalue weighted by atomic mass is 31.2. The third-order valence-electron chi connectivity index (χ3n) is 7.21. The van der Waals surface area contributed by atoms with Crippen LogP contribution >= 0.6 is 7.82 Å². The molecule has 0 aliphatic carbocycles. The molecule has 0 saturated carbocycles. The number of ketones is 3. The largest absolute Gasteiger partial charge is 0.472 e. The number of carbonyl (C=O) groups excluding carboxylic acids is 3. The predicted molar refractivity (Wildman–Crippen MR) is 159 cm³/mol. The van der Waals surface area contributed by atoms with Crippen molar-refractivity contribution in [2.75, 3.05) is 13.2 Å². The van der Waals surface area contributed by atoms with E-state index in [9.17, 15) is 28.9 Å². The van der Waals surface area contributed by atoms with Crippen LogP contribution in [0.1, 0.15) is 127 Å². The smallest absolute Gasteiger partial charge is 0.382 e. The Morgan fingerprint density at radius 1 is 0.805 bits per heavy atom. The van der Waals surface area contributed by atoms with Crippen molar-refractivity contribution in [3.63, 3.8) is 0 Å². The van der Waals surface area contributed by atoms with Crippen LogP contribution < -0.4 is 0 Å². The van der Waals surface area contributed by atoms with Gasteiger partial charge in [-0.1, -0.05) is 67.2 Å². The van der Waals surface area contributed by atoms with Gasteiger partial charge in [-0.25, -0.2) is 4.57 Å². The van der Waals surface area contributed by atoms with E-state index in [1.807, 2.05) is 20.8 Å². The third kappa shape index (κ3) is 13.9. The average molecular weight is 609 g/mol. The van der Waals surface area contributed by atoms with E-state index in [4.69, 9.17) is 18.5 Å². The Balaban J connectivity index is 5.71. The summed E-state index contributed by atoms with van der Waals surface area (Å²) in [4.78, 5) is 50.2. The fourth-order valence-electron chi connectivity index (χ4n) is 4.36. The first-order valence-corrected chi connectivity index (χ1v) is 16.9. The molecular weight excluding hydrogens is 551 g/mol. The number of Topliss-reactive ketones (excluding diaryl/α,β-unsaturated/α-hetero) is 3. The maximum absolute atomic E-state index is 13.5. The van der Waals surface area contributed by atoms with Crippen LogP contribution in [-0.2, 0) is 37.5 Å². The number of ether oxygens (including phenoxy) is 2. The summed E-state index contributed by atoms with van der Waals surface area (Å²) in [5.74, 6) is -2.10. The molecule has 0 aliphatic heterocycles. The Morgan fingerprint density at radius 3 is 1.85 bits per heavy atom. The lowest BCUT2D eigenvalue weighted by atomic mass is 9.86. The topological polar surface area (TPSA) is 146 Å². The second kappa shape index (κ2) is 19.3. The number of rotatable bonds is 25. The van der Waals surface area contributed by atoms with Gasteiger partial charge in [-0.3, -0.25) is 23.4 Å². The minimum absolute atomic E-state index is 0.131. The zero-order chi connectivity index (χ0) is 31.9. The Bertz CT molecular complexity index is 841. The molecule has 10 nitrogen and oxygen atoms in total. The SMILES string of the molecule is CCCCOC(C)(C)C(=O)C(CCC)OC(CC)C(=O)C(CCC)OP(=O)(O)OCC(CCC)C(=O)C(C)(O)CC. The quantitative estimate of drug-likeness (QED) is 0.0916. The number of phosphoric ester groups is 1. The van der Waals surface area contributed by atoms with Gasteiger partial charge in [0.2, 0.25) is 0 Å². The zero-order valence-electron chi connectivity index (χ0n) is 26.9. The summed E-state index contributed by atoms with van der Waals surface area (Å²) < 4.78 is 35.4. The first-order valence-electron chi connectivity index (χ1n) is 15.4. The molecular formula is C30H57O10P. The first-order chi connectivity index (χ1) is 19.1. The monoisotopic (exact) mass is 608 g/mol. The van der Waals surface area contributed by atoms with Crippen LogP contribution in [0, 0.1) is 5.92 Å². The lowest BCUT2D eigenvalue weighted by Crippen LogP contribution is -2.47. The minimum atomic E-state index is -4.77.